The first-order chi connectivity index (χ1) is 8.98. The average molecular weight is 267 g/mol. The third-order valence-electron chi connectivity index (χ3n) is 4.34. The number of carbonyl (C=O) groups is 1. The van der Waals surface area contributed by atoms with Crippen LogP contribution in [0.25, 0.3) is 0 Å². The quantitative estimate of drug-likeness (QED) is 0.703. The first kappa shape index (κ1) is 12.5. The zero-order valence-corrected chi connectivity index (χ0v) is 10.5. The highest BCUT2D eigenvalue weighted by molar-refractivity contribution is 5.77. The fourth-order valence-corrected chi connectivity index (χ4v) is 2.84. The van der Waals surface area contributed by atoms with Crippen molar-refractivity contribution in [2.45, 2.75) is 37.3 Å². The Hall–Kier alpha value is -1.51. The normalized spacial score (nSPS) is 31.7. The SMILES string of the molecule is C#CCCC1(CCC(=O)N2CC3C(C2)C3(F)F)N=N1. The third kappa shape index (κ3) is 2.11. The number of carbonyl (C=O) groups excluding carboxylic acids is 1. The molecule has 1 saturated carbocycles. The van der Waals surface area contributed by atoms with Crippen LogP contribution in [-0.4, -0.2) is 35.5 Å². The van der Waals surface area contributed by atoms with Gasteiger partial charge in [0.15, 0.2) is 5.66 Å². The molecule has 2 fully saturated rings. The number of hydrogen-bond acceptors (Lipinski definition) is 3. The Bertz CT molecular complexity index is 463. The zero-order chi connectivity index (χ0) is 13.7. The lowest BCUT2D eigenvalue weighted by atomic mass is 10.0. The summed E-state index contributed by atoms with van der Waals surface area (Å²) in [6.07, 6.45) is 7.28. The molecule has 1 saturated heterocycles. The van der Waals surface area contributed by atoms with E-state index >= 15 is 0 Å². The maximum atomic E-state index is 13.0. The van der Waals surface area contributed by atoms with Gasteiger partial charge in [0.1, 0.15) is 0 Å². The van der Waals surface area contributed by atoms with Crippen molar-refractivity contribution in [1.29, 1.82) is 0 Å². The predicted octanol–water partition coefficient (Wildman–Crippen LogP) is 2.07. The topological polar surface area (TPSA) is 45.0 Å². The zero-order valence-electron chi connectivity index (χ0n) is 10.5. The van der Waals surface area contributed by atoms with Crippen molar-refractivity contribution in [3.8, 4) is 12.3 Å². The molecule has 2 aliphatic heterocycles. The maximum absolute atomic E-state index is 13.0. The number of amides is 1. The summed E-state index contributed by atoms with van der Waals surface area (Å²) in [5.74, 6) is -1.29. The van der Waals surface area contributed by atoms with E-state index in [0.717, 1.165) is 0 Å². The second-order valence-electron chi connectivity index (χ2n) is 5.57. The van der Waals surface area contributed by atoms with E-state index in [1.54, 1.807) is 4.90 Å². The van der Waals surface area contributed by atoms with Gasteiger partial charge in [-0.3, -0.25) is 4.79 Å². The second-order valence-corrected chi connectivity index (χ2v) is 5.57. The lowest BCUT2D eigenvalue weighted by molar-refractivity contribution is -0.132. The van der Waals surface area contributed by atoms with E-state index in [1.165, 1.54) is 0 Å². The van der Waals surface area contributed by atoms with Crippen molar-refractivity contribution in [2.24, 2.45) is 22.1 Å². The summed E-state index contributed by atoms with van der Waals surface area (Å²) in [6.45, 7) is 0.393. The summed E-state index contributed by atoms with van der Waals surface area (Å²) >= 11 is 0. The van der Waals surface area contributed by atoms with E-state index < -0.39 is 23.4 Å². The lowest BCUT2D eigenvalue weighted by Crippen LogP contribution is -2.34. The van der Waals surface area contributed by atoms with Crippen LogP contribution in [-0.2, 0) is 4.79 Å². The fraction of sp³-hybridized carbons (Fsp3) is 0.769. The van der Waals surface area contributed by atoms with Crippen molar-refractivity contribution in [3.05, 3.63) is 0 Å². The molecular weight excluding hydrogens is 252 g/mol. The van der Waals surface area contributed by atoms with Crippen LogP contribution in [0.2, 0.25) is 0 Å². The number of alkyl halides is 2. The van der Waals surface area contributed by atoms with E-state index in [2.05, 4.69) is 16.1 Å². The predicted molar refractivity (Wildman–Crippen MR) is 63.4 cm³/mol. The van der Waals surface area contributed by atoms with Gasteiger partial charge in [0.2, 0.25) is 5.91 Å². The Morgan fingerprint density at radius 2 is 1.95 bits per heavy atom. The highest BCUT2D eigenvalue weighted by Gasteiger charge is 2.72. The smallest absolute Gasteiger partial charge is 0.258 e. The molecule has 4 nitrogen and oxygen atoms in total. The summed E-state index contributed by atoms with van der Waals surface area (Å²) < 4.78 is 26.0. The Morgan fingerprint density at radius 3 is 2.47 bits per heavy atom. The van der Waals surface area contributed by atoms with Crippen molar-refractivity contribution in [3.63, 3.8) is 0 Å². The molecule has 3 aliphatic rings. The molecule has 2 heterocycles. The van der Waals surface area contributed by atoms with E-state index in [9.17, 15) is 13.6 Å². The molecule has 0 N–H and O–H groups in total. The molecule has 6 heteroatoms. The van der Waals surface area contributed by atoms with Gasteiger partial charge < -0.3 is 4.90 Å². The average Bonchev–Trinajstić information content (AvgIpc) is 3.16. The van der Waals surface area contributed by atoms with Crippen molar-refractivity contribution in [2.75, 3.05) is 13.1 Å². The van der Waals surface area contributed by atoms with Crippen LogP contribution < -0.4 is 0 Å². The summed E-state index contributed by atoms with van der Waals surface area (Å²) in [7, 11) is 0. The molecule has 0 radical (unpaired) electrons. The van der Waals surface area contributed by atoms with E-state index in [0.29, 0.717) is 25.7 Å². The summed E-state index contributed by atoms with van der Waals surface area (Å²) in [6, 6.07) is 0. The number of halogens is 2. The van der Waals surface area contributed by atoms with Crippen LogP contribution in [0.3, 0.4) is 0 Å². The molecule has 102 valence electrons. The number of nitrogens with zero attached hydrogens (tertiary/aromatic N) is 3. The van der Waals surface area contributed by atoms with Gasteiger partial charge in [0, 0.05) is 38.8 Å². The van der Waals surface area contributed by atoms with Gasteiger partial charge in [-0.25, -0.2) is 8.78 Å². The van der Waals surface area contributed by atoms with Crippen molar-refractivity contribution >= 4 is 5.91 Å². The number of terminal acetylenes is 1. The second kappa shape index (κ2) is 3.99. The third-order valence-corrected chi connectivity index (χ3v) is 4.34. The molecule has 2 unspecified atom stereocenters. The molecule has 0 aromatic carbocycles. The van der Waals surface area contributed by atoms with Crippen LogP contribution in [0.4, 0.5) is 8.78 Å². The Kier molecular flexibility index (Phi) is 2.63. The molecule has 0 aromatic rings. The minimum absolute atomic E-state index is 0.0691. The molecule has 0 spiro atoms. The van der Waals surface area contributed by atoms with Crippen LogP contribution >= 0.6 is 0 Å². The lowest BCUT2D eigenvalue weighted by Gasteiger charge is -2.20. The van der Waals surface area contributed by atoms with E-state index in [-0.39, 0.29) is 19.0 Å². The number of hydrogen-bond donors (Lipinski definition) is 0. The molecule has 0 bridgehead atoms. The first-order valence-electron chi connectivity index (χ1n) is 6.52. The van der Waals surface area contributed by atoms with Gasteiger partial charge in [0.25, 0.3) is 5.92 Å². The monoisotopic (exact) mass is 267 g/mol. The highest BCUT2D eigenvalue weighted by atomic mass is 19.3. The molecule has 1 amide bonds. The van der Waals surface area contributed by atoms with Crippen LogP contribution in [0.5, 0.6) is 0 Å². The molecule has 0 aromatic heterocycles. The number of piperidine rings is 1. The fourth-order valence-electron chi connectivity index (χ4n) is 2.84. The highest BCUT2D eigenvalue weighted by Crippen LogP contribution is 2.59. The van der Waals surface area contributed by atoms with Gasteiger partial charge in [-0.2, -0.15) is 10.2 Å². The largest absolute Gasteiger partial charge is 0.342 e. The maximum Gasteiger partial charge on any atom is 0.258 e. The van der Waals surface area contributed by atoms with Crippen LogP contribution in [0.15, 0.2) is 10.2 Å². The minimum atomic E-state index is -2.54. The minimum Gasteiger partial charge on any atom is -0.342 e. The first-order valence-corrected chi connectivity index (χ1v) is 6.52. The molecule has 3 rings (SSSR count). The van der Waals surface area contributed by atoms with Gasteiger partial charge in [-0.15, -0.1) is 12.3 Å². The van der Waals surface area contributed by atoms with Gasteiger partial charge in [0.05, 0.1) is 11.8 Å². The number of fused-ring (bicyclic) bond motifs is 1. The Morgan fingerprint density at radius 1 is 1.32 bits per heavy atom. The van der Waals surface area contributed by atoms with Crippen LogP contribution in [0.1, 0.15) is 25.7 Å². The van der Waals surface area contributed by atoms with Crippen molar-refractivity contribution < 1.29 is 13.6 Å². The van der Waals surface area contributed by atoms with E-state index in [4.69, 9.17) is 6.42 Å². The van der Waals surface area contributed by atoms with Crippen molar-refractivity contribution in [1.82, 2.24) is 4.90 Å². The molecule has 2 atom stereocenters. The molecule has 1 aliphatic carbocycles. The number of likely N-dealkylation sites (tertiary alicyclic amines) is 1. The Labute approximate surface area is 110 Å². The van der Waals surface area contributed by atoms with Gasteiger partial charge in [-0.05, 0) is 0 Å². The Balaban J connectivity index is 1.43. The van der Waals surface area contributed by atoms with Crippen LogP contribution in [0, 0.1) is 24.2 Å². The molecule has 19 heavy (non-hydrogen) atoms. The molecular formula is C13H15F2N3O. The standard InChI is InChI=1S/C13H15F2N3O/c1-2-3-5-12(16-17-12)6-4-11(19)18-7-9-10(8-18)13(9,14)15/h1,9-10H,3-8H2. The van der Waals surface area contributed by atoms with E-state index in [1.807, 2.05) is 0 Å². The summed E-state index contributed by atoms with van der Waals surface area (Å²) in [5.41, 5.74) is -0.464. The van der Waals surface area contributed by atoms with Gasteiger partial charge >= 0.3 is 0 Å². The number of rotatable bonds is 5. The summed E-state index contributed by atoms with van der Waals surface area (Å²) in [5, 5.41) is 7.91. The summed E-state index contributed by atoms with van der Waals surface area (Å²) in [4.78, 5) is 13.5. The van der Waals surface area contributed by atoms with Gasteiger partial charge in [-0.1, -0.05) is 0 Å².